The molecule has 130 valence electrons. The molecule has 0 radical (unpaired) electrons. The van der Waals surface area contributed by atoms with E-state index in [0.717, 1.165) is 5.56 Å². The van der Waals surface area contributed by atoms with E-state index in [-0.39, 0.29) is 24.3 Å². The summed E-state index contributed by atoms with van der Waals surface area (Å²) in [5.74, 6) is -0.460. The highest BCUT2D eigenvalue weighted by atomic mass is 32.2. The van der Waals surface area contributed by atoms with Gasteiger partial charge in [0.2, 0.25) is 15.9 Å². The van der Waals surface area contributed by atoms with Crippen LogP contribution < -0.4 is 10.0 Å². The van der Waals surface area contributed by atoms with Gasteiger partial charge in [-0.05, 0) is 24.1 Å². The van der Waals surface area contributed by atoms with E-state index in [4.69, 9.17) is 5.26 Å². The number of sulfonamides is 1. The van der Waals surface area contributed by atoms with Crippen molar-refractivity contribution in [2.75, 3.05) is 6.54 Å². The third-order valence-electron chi connectivity index (χ3n) is 3.49. The molecule has 0 spiro atoms. The van der Waals surface area contributed by atoms with Gasteiger partial charge >= 0.3 is 0 Å². The van der Waals surface area contributed by atoms with Crippen molar-refractivity contribution in [3.8, 4) is 6.07 Å². The Morgan fingerprint density at radius 3 is 2.24 bits per heavy atom. The maximum atomic E-state index is 12.5. The first-order valence-corrected chi connectivity index (χ1v) is 9.27. The van der Waals surface area contributed by atoms with Crippen LogP contribution in [0.4, 0.5) is 0 Å². The molecule has 0 saturated heterocycles. The minimum atomic E-state index is -3.83. The average Bonchev–Trinajstić information content (AvgIpc) is 2.63. The summed E-state index contributed by atoms with van der Waals surface area (Å²) in [5, 5.41) is 11.2. The maximum Gasteiger partial charge on any atom is 0.241 e. The van der Waals surface area contributed by atoms with Gasteiger partial charge in [0.25, 0.3) is 0 Å². The van der Waals surface area contributed by atoms with Gasteiger partial charge in [0.05, 0.1) is 17.4 Å². The third kappa shape index (κ3) is 5.71. The summed E-state index contributed by atoms with van der Waals surface area (Å²) >= 11 is 0. The molecule has 2 aromatic rings. The molecule has 0 heterocycles. The second-order valence-corrected chi connectivity index (χ2v) is 7.09. The fourth-order valence-electron chi connectivity index (χ4n) is 2.26. The maximum absolute atomic E-state index is 12.5. The SMILES string of the molecule is N#CCCNC(=O)C(Cc1ccccc1)NS(=O)(=O)c1ccccc1. The number of carbonyl (C=O) groups is 1. The molecule has 25 heavy (non-hydrogen) atoms. The lowest BCUT2D eigenvalue weighted by Crippen LogP contribution is -2.48. The second kappa shape index (κ2) is 8.97. The highest BCUT2D eigenvalue weighted by Crippen LogP contribution is 2.11. The minimum absolute atomic E-state index is 0.0953. The number of rotatable bonds is 8. The molecular formula is C18H19N3O3S. The zero-order valence-corrected chi connectivity index (χ0v) is 14.4. The Kier molecular flexibility index (Phi) is 6.69. The van der Waals surface area contributed by atoms with Gasteiger partial charge in [-0.15, -0.1) is 0 Å². The summed E-state index contributed by atoms with van der Waals surface area (Å²) in [6.45, 7) is 0.174. The molecule has 0 fully saturated rings. The Balaban J connectivity index is 2.19. The summed E-state index contributed by atoms with van der Waals surface area (Å²) in [7, 11) is -3.83. The molecule has 0 aliphatic rings. The zero-order chi connectivity index (χ0) is 18.1. The molecule has 1 unspecified atom stereocenters. The molecule has 0 aliphatic carbocycles. The van der Waals surface area contributed by atoms with Crippen molar-refractivity contribution in [1.29, 1.82) is 5.26 Å². The molecule has 6 nitrogen and oxygen atoms in total. The molecule has 2 N–H and O–H groups in total. The van der Waals surface area contributed by atoms with Crippen LogP contribution in [0.25, 0.3) is 0 Å². The van der Waals surface area contributed by atoms with Crippen LogP contribution in [-0.2, 0) is 21.2 Å². The fourth-order valence-corrected chi connectivity index (χ4v) is 3.47. The normalized spacial score (nSPS) is 12.1. The smallest absolute Gasteiger partial charge is 0.241 e. The van der Waals surface area contributed by atoms with E-state index >= 15 is 0 Å². The summed E-state index contributed by atoms with van der Waals surface area (Å²) in [6.07, 6.45) is 0.376. The van der Waals surface area contributed by atoms with Crippen molar-refractivity contribution in [2.45, 2.75) is 23.8 Å². The van der Waals surface area contributed by atoms with Gasteiger partial charge in [0, 0.05) is 6.54 Å². The second-order valence-electron chi connectivity index (χ2n) is 5.38. The first kappa shape index (κ1) is 18.6. The molecule has 1 amide bonds. The van der Waals surface area contributed by atoms with Gasteiger partial charge in [-0.1, -0.05) is 48.5 Å². The van der Waals surface area contributed by atoms with Crippen LogP contribution in [-0.4, -0.2) is 26.9 Å². The van der Waals surface area contributed by atoms with Crippen LogP contribution in [0, 0.1) is 11.3 Å². The van der Waals surface area contributed by atoms with Gasteiger partial charge in [-0.25, -0.2) is 8.42 Å². The van der Waals surface area contributed by atoms with Crippen molar-refractivity contribution in [1.82, 2.24) is 10.0 Å². The quantitative estimate of drug-likeness (QED) is 0.701. The van der Waals surface area contributed by atoms with Crippen LogP contribution in [0.3, 0.4) is 0 Å². The van der Waals surface area contributed by atoms with Crippen LogP contribution >= 0.6 is 0 Å². The summed E-state index contributed by atoms with van der Waals surface area (Å²) in [5.41, 5.74) is 0.832. The van der Waals surface area contributed by atoms with E-state index in [1.54, 1.807) is 18.2 Å². The van der Waals surface area contributed by atoms with Gasteiger partial charge in [0.15, 0.2) is 0 Å². The van der Waals surface area contributed by atoms with Gasteiger partial charge in [0.1, 0.15) is 6.04 Å². The Labute approximate surface area is 147 Å². The monoisotopic (exact) mass is 357 g/mol. The first-order chi connectivity index (χ1) is 12.0. The molecule has 2 aromatic carbocycles. The Bertz CT molecular complexity index is 831. The number of carbonyl (C=O) groups excluding carboxylic acids is 1. The van der Waals surface area contributed by atoms with Crippen molar-refractivity contribution in [3.63, 3.8) is 0 Å². The lowest BCUT2D eigenvalue weighted by Gasteiger charge is -2.18. The number of hydrogen-bond acceptors (Lipinski definition) is 4. The van der Waals surface area contributed by atoms with Crippen LogP contribution in [0.2, 0.25) is 0 Å². The Morgan fingerprint density at radius 2 is 1.64 bits per heavy atom. The highest BCUT2D eigenvalue weighted by Gasteiger charge is 2.25. The highest BCUT2D eigenvalue weighted by molar-refractivity contribution is 7.89. The number of nitriles is 1. The molecule has 1 atom stereocenters. The van der Waals surface area contributed by atoms with Crippen LogP contribution in [0.5, 0.6) is 0 Å². The topological polar surface area (TPSA) is 99.1 Å². The lowest BCUT2D eigenvalue weighted by atomic mass is 10.1. The predicted molar refractivity (Wildman–Crippen MR) is 93.9 cm³/mol. The van der Waals surface area contributed by atoms with Crippen molar-refractivity contribution in [3.05, 3.63) is 66.2 Å². The Morgan fingerprint density at radius 1 is 1.04 bits per heavy atom. The lowest BCUT2D eigenvalue weighted by molar-refractivity contribution is -0.122. The van der Waals surface area contributed by atoms with Crippen molar-refractivity contribution >= 4 is 15.9 Å². The Hall–Kier alpha value is -2.69. The predicted octanol–water partition coefficient (Wildman–Crippen LogP) is 1.61. The molecule has 0 aliphatic heterocycles. The van der Waals surface area contributed by atoms with E-state index in [0.29, 0.717) is 0 Å². The summed E-state index contributed by atoms with van der Waals surface area (Å²) in [4.78, 5) is 12.5. The van der Waals surface area contributed by atoms with E-state index in [9.17, 15) is 13.2 Å². The van der Waals surface area contributed by atoms with Gasteiger partial charge < -0.3 is 5.32 Å². The number of benzene rings is 2. The molecule has 0 aromatic heterocycles. The average molecular weight is 357 g/mol. The standard InChI is InChI=1S/C18H19N3O3S/c19-12-7-13-20-18(22)17(14-15-8-3-1-4-9-15)21-25(23,24)16-10-5-2-6-11-16/h1-6,8-11,17,21H,7,13-14H2,(H,20,22). The molecule has 2 rings (SSSR count). The summed E-state index contributed by atoms with van der Waals surface area (Å²) < 4.78 is 27.5. The van der Waals surface area contributed by atoms with E-state index in [1.165, 1.54) is 12.1 Å². The molecule has 0 saturated carbocycles. The minimum Gasteiger partial charge on any atom is -0.354 e. The van der Waals surface area contributed by atoms with Crippen LogP contribution in [0.1, 0.15) is 12.0 Å². The van der Waals surface area contributed by atoms with Gasteiger partial charge in [-0.2, -0.15) is 9.98 Å². The number of nitrogens with one attached hydrogen (secondary N) is 2. The largest absolute Gasteiger partial charge is 0.354 e. The molecular weight excluding hydrogens is 338 g/mol. The fraction of sp³-hybridized carbons (Fsp3) is 0.222. The van der Waals surface area contributed by atoms with E-state index in [2.05, 4.69) is 10.0 Å². The van der Waals surface area contributed by atoms with Gasteiger partial charge in [-0.3, -0.25) is 4.79 Å². The molecule has 0 bridgehead atoms. The van der Waals surface area contributed by atoms with E-state index in [1.807, 2.05) is 36.4 Å². The third-order valence-corrected chi connectivity index (χ3v) is 4.97. The number of hydrogen-bond donors (Lipinski definition) is 2. The van der Waals surface area contributed by atoms with Crippen molar-refractivity contribution in [2.24, 2.45) is 0 Å². The summed E-state index contributed by atoms with van der Waals surface area (Å²) in [6, 6.07) is 18.0. The van der Waals surface area contributed by atoms with Crippen LogP contribution in [0.15, 0.2) is 65.6 Å². The van der Waals surface area contributed by atoms with E-state index < -0.39 is 22.0 Å². The first-order valence-electron chi connectivity index (χ1n) is 7.79. The number of nitrogens with zero attached hydrogens (tertiary/aromatic N) is 1. The zero-order valence-electron chi connectivity index (χ0n) is 13.6. The van der Waals surface area contributed by atoms with Crippen molar-refractivity contribution < 1.29 is 13.2 Å². The number of amides is 1. The molecule has 7 heteroatoms.